The van der Waals surface area contributed by atoms with Crippen LogP contribution in [0.3, 0.4) is 0 Å². The molecule has 0 bridgehead atoms. The van der Waals surface area contributed by atoms with E-state index in [0.29, 0.717) is 17.5 Å². The van der Waals surface area contributed by atoms with Crippen molar-refractivity contribution in [3.05, 3.63) is 79.0 Å². The number of amides is 1. The molecule has 2 aromatic heterocycles. The summed E-state index contributed by atoms with van der Waals surface area (Å²) in [6, 6.07) is 23.5. The SMILES string of the molecule is CCn1c(SCC(=O)Nc2ccccc2-c2ccccc2)nnc1-c1ccccn1. The number of hydrogen-bond donors (Lipinski definition) is 1. The van der Waals surface area contributed by atoms with Gasteiger partial charge < -0.3 is 9.88 Å². The molecule has 0 saturated heterocycles. The van der Waals surface area contributed by atoms with E-state index in [2.05, 4.69) is 20.5 Å². The summed E-state index contributed by atoms with van der Waals surface area (Å²) in [4.78, 5) is 17.0. The van der Waals surface area contributed by atoms with Gasteiger partial charge in [0.2, 0.25) is 5.91 Å². The van der Waals surface area contributed by atoms with Gasteiger partial charge in [-0.3, -0.25) is 9.78 Å². The molecule has 4 aromatic rings. The van der Waals surface area contributed by atoms with Gasteiger partial charge in [0.1, 0.15) is 5.69 Å². The third-order valence-corrected chi connectivity index (χ3v) is 5.51. The van der Waals surface area contributed by atoms with Gasteiger partial charge in [0.05, 0.1) is 5.75 Å². The molecule has 7 heteroatoms. The maximum Gasteiger partial charge on any atom is 0.234 e. The van der Waals surface area contributed by atoms with Gasteiger partial charge in [-0.15, -0.1) is 10.2 Å². The fourth-order valence-electron chi connectivity index (χ4n) is 3.14. The average molecular weight is 416 g/mol. The van der Waals surface area contributed by atoms with E-state index < -0.39 is 0 Å². The third kappa shape index (κ3) is 4.41. The predicted octanol–water partition coefficient (Wildman–Crippen LogP) is 4.76. The monoisotopic (exact) mass is 415 g/mol. The molecule has 0 atom stereocenters. The van der Waals surface area contributed by atoms with E-state index in [1.165, 1.54) is 11.8 Å². The number of rotatable bonds is 7. The molecule has 0 saturated carbocycles. The highest BCUT2D eigenvalue weighted by molar-refractivity contribution is 7.99. The average Bonchev–Trinajstić information content (AvgIpc) is 3.22. The molecule has 6 nitrogen and oxygen atoms in total. The maximum atomic E-state index is 12.6. The summed E-state index contributed by atoms with van der Waals surface area (Å²) >= 11 is 1.37. The van der Waals surface area contributed by atoms with E-state index in [-0.39, 0.29) is 11.7 Å². The Kier molecular flexibility index (Phi) is 6.20. The van der Waals surface area contributed by atoms with E-state index >= 15 is 0 Å². The summed E-state index contributed by atoms with van der Waals surface area (Å²) in [7, 11) is 0. The van der Waals surface area contributed by atoms with E-state index in [1.807, 2.05) is 84.3 Å². The predicted molar refractivity (Wildman–Crippen MR) is 120 cm³/mol. The van der Waals surface area contributed by atoms with Gasteiger partial charge in [0.25, 0.3) is 0 Å². The molecule has 0 spiro atoms. The maximum absolute atomic E-state index is 12.6. The van der Waals surface area contributed by atoms with E-state index in [0.717, 1.165) is 22.5 Å². The number of aromatic nitrogens is 4. The molecule has 0 aliphatic rings. The molecule has 0 aliphatic heterocycles. The molecule has 30 heavy (non-hydrogen) atoms. The highest BCUT2D eigenvalue weighted by Crippen LogP contribution is 2.28. The van der Waals surface area contributed by atoms with Crippen LogP contribution in [-0.2, 0) is 11.3 Å². The number of thioether (sulfide) groups is 1. The second kappa shape index (κ2) is 9.37. The van der Waals surface area contributed by atoms with Gasteiger partial charge in [-0.05, 0) is 30.7 Å². The fraction of sp³-hybridized carbons (Fsp3) is 0.130. The van der Waals surface area contributed by atoms with Crippen molar-refractivity contribution in [3.8, 4) is 22.6 Å². The van der Waals surface area contributed by atoms with E-state index in [9.17, 15) is 4.79 Å². The standard InChI is InChI=1S/C23H21N5OS/c1-2-28-22(20-14-8-9-15-24-20)26-27-23(28)30-16-21(29)25-19-13-7-6-12-18(19)17-10-4-3-5-11-17/h3-15H,2,16H2,1H3,(H,25,29). The second-order valence-electron chi connectivity index (χ2n) is 6.51. The van der Waals surface area contributed by atoms with Crippen molar-refractivity contribution in [2.75, 3.05) is 11.1 Å². The van der Waals surface area contributed by atoms with Crippen LogP contribution in [-0.4, -0.2) is 31.4 Å². The zero-order valence-electron chi connectivity index (χ0n) is 16.5. The molecule has 0 aliphatic carbocycles. The summed E-state index contributed by atoms with van der Waals surface area (Å²) < 4.78 is 1.97. The molecule has 1 N–H and O–H groups in total. The molecule has 0 fully saturated rings. The van der Waals surface area contributed by atoms with Gasteiger partial charge in [-0.1, -0.05) is 66.4 Å². The molecule has 0 radical (unpaired) electrons. The Morgan fingerprint density at radius 2 is 1.73 bits per heavy atom. The number of benzene rings is 2. The molecular weight excluding hydrogens is 394 g/mol. The Bertz CT molecular complexity index is 1130. The number of nitrogens with zero attached hydrogens (tertiary/aromatic N) is 4. The number of nitrogens with one attached hydrogen (secondary N) is 1. The van der Waals surface area contributed by atoms with Crippen LogP contribution in [0.4, 0.5) is 5.69 Å². The normalized spacial score (nSPS) is 10.7. The number of carbonyl (C=O) groups is 1. The summed E-state index contributed by atoms with van der Waals surface area (Å²) in [5.74, 6) is 0.854. The minimum Gasteiger partial charge on any atom is -0.325 e. The topological polar surface area (TPSA) is 72.7 Å². The molecule has 0 unspecified atom stereocenters. The number of carbonyl (C=O) groups excluding carboxylic acids is 1. The molecule has 2 heterocycles. The van der Waals surface area contributed by atoms with Crippen LogP contribution in [0.5, 0.6) is 0 Å². The van der Waals surface area contributed by atoms with Crippen LogP contribution in [0, 0.1) is 0 Å². The van der Waals surface area contributed by atoms with Crippen LogP contribution in [0.25, 0.3) is 22.6 Å². The lowest BCUT2D eigenvalue weighted by atomic mass is 10.0. The van der Waals surface area contributed by atoms with Crippen molar-refractivity contribution >= 4 is 23.4 Å². The van der Waals surface area contributed by atoms with Crippen LogP contribution in [0.1, 0.15) is 6.92 Å². The Labute approximate surface area is 179 Å². The van der Waals surface area contributed by atoms with Crippen LogP contribution >= 0.6 is 11.8 Å². The summed E-state index contributed by atoms with van der Waals surface area (Å²) in [5.41, 5.74) is 3.61. The van der Waals surface area contributed by atoms with E-state index in [1.54, 1.807) is 6.20 Å². The highest BCUT2D eigenvalue weighted by Gasteiger charge is 2.16. The van der Waals surface area contributed by atoms with Gasteiger partial charge in [0, 0.05) is 24.0 Å². The van der Waals surface area contributed by atoms with Crippen LogP contribution < -0.4 is 5.32 Å². The summed E-state index contributed by atoms with van der Waals surface area (Å²) in [6.45, 7) is 2.72. The first-order chi connectivity index (χ1) is 14.8. The van der Waals surface area contributed by atoms with Crippen LogP contribution in [0.2, 0.25) is 0 Å². The second-order valence-corrected chi connectivity index (χ2v) is 7.46. The number of hydrogen-bond acceptors (Lipinski definition) is 5. The molecule has 1 amide bonds. The van der Waals surface area contributed by atoms with Crippen molar-refractivity contribution in [3.63, 3.8) is 0 Å². The first-order valence-electron chi connectivity index (χ1n) is 9.68. The summed E-state index contributed by atoms with van der Waals surface area (Å²) in [5, 5.41) is 12.3. The van der Waals surface area contributed by atoms with Crippen molar-refractivity contribution in [1.29, 1.82) is 0 Å². The zero-order chi connectivity index (χ0) is 20.8. The third-order valence-electron chi connectivity index (χ3n) is 4.55. The Balaban J connectivity index is 1.46. The fourth-order valence-corrected chi connectivity index (χ4v) is 3.95. The lowest BCUT2D eigenvalue weighted by Crippen LogP contribution is -2.15. The highest BCUT2D eigenvalue weighted by atomic mass is 32.2. The zero-order valence-corrected chi connectivity index (χ0v) is 17.3. The Morgan fingerprint density at radius 1 is 0.967 bits per heavy atom. The molecule has 150 valence electrons. The number of para-hydroxylation sites is 1. The van der Waals surface area contributed by atoms with Crippen molar-refractivity contribution in [1.82, 2.24) is 19.7 Å². The minimum atomic E-state index is -0.0894. The van der Waals surface area contributed by atoms with Gasteiger partial charge in [-0.25, -0.2) is 0 Å². The lowest BCUT2D eigenvalue weighted by molar-refractivity contribution is -0.113. The number of pyridine rings is 1. The van der Waals surface area contributed by atoms with Gasteiger partial charge in [0.15, 0.2) is 11.0 Å². The van der Waals surface area contributed by atoms with Gasteiger partial charge >= 0.3 is 0 Å². The molecule has 4 rings (SSSR count). The minimum absolute atomic E-state index is 0.0894. The Hall–Kier alpha value is -3.45. The molecular formula is C23H21N5OS. The summed E-state index contributed by atoms with van der Waals surface area (Å²) in [6.07, 6.45) is 1.73. The smallest absolute Gasteiger partial charge is 0.234 e. The number of anilines is 1. The largest absolute Gasteiger partial charge is 0.325 e. The van der Waals surface area contributed by atoms with Crippen molar-refractivity contribution in [2.45, 2.75) is 18.6 Å². The van der Waals surface area contributed by atoms with Crippen molar-refractivity contribution in [2.24, 2.45) is 0 Å². The molecule has 2 aromatic carbocycles. The Morgan fingerprint density at radius 3 is 2.50 bits per heavy atom. The lowest BCUT2D eigenvalue weighted by Gasteiger charge is -2.11. The first kappa shape index (κ1) is 19.8. The quantitative estimate of drug-likeness (QED) is 0.441. The first-order valence-corrected chi connectivity index (χ1v) is 10.7. The van der Waals surface area contributed by atoms with Crippen molar-refractivity contribution < 1.29 is 4.79 Å². The van der Waals surface area contributed by atoms with Crippen LogP contribution in [0.15, 0.2) is 84.1 Å². The van der Waals surface area contributed by atoms with E-state index in [4.69, 9.17) is 0 Å². The van der Waals surface area contributed by atoms with Gasteiger partial charge in [-0.2, -0.15) is 0 Å².